The van der Waals surface area contributed by atoms with Crippen LogP contribution < -0.4 is 0 Å². The average Bonchev–Trinajstić information content (AvgIpc) is 1.84. The number of amides is 2. The minimum atomic E-state index is -1.32. The van der Waals surface area contributed by atoms with Crippen molar-refractivity contribution in [2.45, 2.75) is 13.3 Å². The Bertz CT molecular complexity index is 132. The van der Waals surface area contributed by atoms with Gasteiger partial charge < -0.3 is 5.11 Å². The Morgan fingerprint density at radius 2 is 2.11 bits per heavy atom. The first-order valence-corrected chi connectivity index (χ1v) is 2.46. The highest BCUT2D eigenvalue weighted by Crippen LogP contribution is 1.90. The van der Waals surface area contributed by atoms with E-state index in [4.69, 9.17) is 5.11 Å². The van der Waals surface area contributed by atoms with Gasteiger partial charge in [-0.15, -0.1) is 0 Å². The summed E-state index contributed by atoms with van der Waals surface area (Å²) < 4.78 is 0. The average molecular weight is 130 g/mol. The summed E-state index contributed by atoms with van der Waals surface area (Å²) in [5, 5.41) is 8.13. The molecule has 0 atom stereocenters. The summed E-state index contributed by atoms with van der Waals surface area (Å²) in [4.78, 5) is 20.8. The fourth-order valence-electron chi connectivity index (χ4n) is 0.298. The third kappa shape index (κ3) is 2.12. The fourth-order valence-corrected chi connectivity index (χ4v) is 0.298. The Balaban J connectivity index is 3.88. The molecule has 0 aromatic heterocycles. The van der Waals surface area contributed by atoms with Crippen LogP contribution in [0, 0.1) is 7.05 Å². The summed E-state index contributed by atoms with van der Waals surface area (Å²) >= 11 is 0. The van der Waals surface area contributed by atoms with Crippen LogP contribution >= 0.6 is 0 Å². The Labute approximate surface area is 53.1 Å². The number of rotatable bonds is 1. The number of carbonyl (C=O) groups is 2. The van der Waals surface area contributed by atoms with Crippen LogP contribution in [0.3, 0.4) is 0 Å². The minimum absolute atomic E-state index is 0.162. The number of nitrogens with zero attached hydrogens (tertiary/aromatic N) is 1. The summed E-state index contributed by atoms with van der Waals surface area (Å²) in [5.74, 6) is -0.498. The largest absolute Gasteiger partial charge is 0.465 e. The highest BCUT2D eigenvalue weighted by atomic mass is 16.4. The molecule has 0 aliphatic rings. The van der Waals surface area contributed by atoms with E-state index in [9.17, 15) is 9.59 Å². The molecule has 0 aliphatic carbocycles. The lowest BCUT2D eigenvalue weighted by Gasteiger charge is -2.07. The van der Waals surface area contributed by atoms with Gasteiger partial charge in [0.1, 0.15) is 0 Å². The molecule has 1 N–H and O–H groups in total. The van der Waals surface area contributed by atoms with Gasteiger partial charge in [-0.05, 0) is 0 Å². The van der Waals surface area contributed by atoms with E-state index in [2.05, 4.69) is 7.05 Å². The van der Waals surface area contributed by atoms with Crippen LogP contribution in [0.4, 0.5) is 4.79 Å². The molecule has 4 heteroatoms. The van der Waals surface area contributed by atoms with Gasteiger partial charge in [-0.3, -0.25) is 4.79 Å². The number of imide groups is 1. The second-order valence-electron chi connectivity index (χ2n) is 1.46. The summed E-state index contributed by atoms with van der Waals surface area (Å²) in [6, 6.07) is 0. The van der Waals surface area contributed by atoms with Crippen molar-refractivity contribution in [3.8, 4) is 0 Å². The van der Waals surface area contributed by atoms with Crippen molar-refractivity contribution < 1.29 is 14.7 Å². The first-order chi connectivity index (χ1) is 4.09. The highest BCUT2D eigenvalue weighted by molar-refractivity contribution is 5.91. The molecule has 0 aromatic rings. The van der Waals surface area contributed by atoms with Crippen molar-refractivity contribution >= 4 is 12.0 Å². The van der Waals surface area contributed by atoms with Crippen molar-refractivity contribution in [3.63, 3.8) is 0 Å². The molecule has 0 bridgehead atoms. The zero-order chi connectivity index (χ0) is 7.44. The van der Waals surface area contributed by atoms with Crippen LogP contribution in [0.1, 0.15) is 13.3 Å². The lowest BCUT2D eigenvalue weighted by molar-refractivity contribution is -0.126. The monoisotopic (exact) mass is 130 g/mol. The van der Waals surface area contributed by atoms with Crippen molar-refractivity contribution in [3.05, 3.63) is 7.05 Å². The zero-order valence-electron chi connectivity index (χ0n) is 5.13. The maximum atomic E-state index is 10.4. The van der Waals surface area contributed by atoms with Crippen molar-refractivity contribution in [1.29, 1.82) is 0 Å². The lowest BCUT2D eigenvalue weighted by Crippen LogP contribution is -2.28. The summed E-state index contributed by atoms with van der Waals surface area (Å²) in [6.07, 6.45) is -1.16. The molecule has 0 saturated heterocycles. The van der Waals surface area contributed by atoms with Gasteiger partial charge in [0.25, 0.3) is 0 Å². The number of carboxylic acid groups (broad SMARTS) is 1. The second kappa shape index (κ2) is 3.06. The molecule has 0 aromatic carbocycles. The Morgan fingerprint density at radius 1 is 1.67 bits per heavy atom. The maximum Gasteiger partial charge on any atom is 0.414 e. The number of carbonyl (C=O) groups excluding carboxylic acids is 1. The molecule has 2 amide bonds. The lowest BCUT2D eigenvalue weighted by atomic mass is 10.4. The standard InChI is InChI=1S/C5H8NO3/c1-3-4(7)6(2)5(8)9/h2-3H2,1H3,(H,8,9). The molecule has 0 fully saturated rings. The Kier molecular flexibility index (Phi) is 2.70. The topological polar surface area (TPSA) is 57.6 Å². The molecule has 0 saturated carbocycles. The van der Waals surface area contributed by atoms with Gasteiger partial charge in [0, 0.05) is 6.42 Å². The molecular formula is C5H8NO3. The molecule has 0 unspecified atom stereocenters. The van der Waals surface area contributed by atoms with E-state index < -0.39 is 12.0 Å². The predicted molar refractivity (Wildman–Crippen MR) is 30.5 cm³/mol. The van der Waals surface area contributed by atoms with Crippen molar-refractivity contribution in [1.82, 2.24) is 4.90 Å². The molecule has 4 nitrogen and oxygen atoms in total. The van der Waals surface area contributed by atoms with E-state index in [0.717, 1.165) is 0 Å². The van der Waals surface area contributed by atoms with Gasteiger partial charge in [-0.1, -0.05) is 6.92 Å². The molecule has 0 aliphatic heterocycles. The van der Waals surface area contributed by atoms with Crippen LogP contribution in [-0.2, 0) is 4.79 Å². The van der Waals surface area contributed by atoms with Gasteiger partial charge in [0.2, 0.25) is 5.91 Å². The van der Waals surface area contributed by atoms with Crippen LogP contribution in [0.15, 0.2) is 0 Å². The first-order valence-electron chi connectivity index (χ1n) is 2.46. The van der Waals surface area contributed by atoms with Crippen LogP contribution in [0.5, 0.6) is 0 Å². The van der Waals surface area contributed by atoms with E-state index in [1.165, 1.54) is 0 Å². The molecule has 0 rings (SSSR count). The molecule has 0 heterocycles. The van der Waals surface area contributed by atoms with Gasteiger partial charge in [0.05, 0.1) is 7.05 Å². The number of hydrogen-bond acceptors (Lipinski definition) is 2. The summed E-state index contributed by atoms with van der Waals surface area (Å²) in [7, 11) is 2.99. The summed E-state index contributed by atoms with van der Waals surface area (Å²) in [6.45, 7) is 1.57. The van der Waals surface area contributed by atoms with Crippen LogP contribution in [0.25, 0.3) is 0 Å². The van der Waals surface area contributed by atoms with Crippen molar-refractivity contribution in [2.24, 2.45) is 0 Å². The number of hydrogen-bond donors (Lipinski definition) is 1. The van der Waals surface area contributed by atoms with E-state index in [1.54, 1.807) is 6.92 Å². The third-order valence-corrected chi connectivity index (χ3v) is 0.834. The van der Waals surface area contributed by atoms with Crippen LogP contribution in [-0.4, -0.2) is 22.0 Å². The quantitative estimate of drug-likeness (QED) is 0.568. The first kappa shape index (κ1) is 7.94. The van der Waals surface area contributed by atoms with Gasteiger partial charge in [0.15, 0.2) is 0 Å². The maximum absolute atomic E-state index is 10.4. The second-order valence-corrected chi connectivity index (χ2v) is 1.46. The van der Waals surface area contributed by atoms with Gasteiger partial charge in [-0.2, -0.15) is 0 Å². The molecular weight excluding hydrogens is 122 g/mol. The Morgan fingerprint density at radius 3 is 2.22 bits per heavy atom. The minimum Gasteiger partial charge on any atom is -0.465 e. The normalized spacial score (nSPS) is 8.67. The molecule has 51 valence electrons. The molecule has 0 spiro atoms. The molecule has 1 radical (unpaired) electrons. The molecule has 9 heavy (non-hydrogen) atoms. The highest BCUT2D eigenvalue weighted by Gasteiger charge is 2.11. The third-order valence-electron chi connectivity index (χ3n) is 0.834. The Hall–Kier alpha value is -1.06. The van der Waals surface area contributed by atoms with Crippen molar-refractivity contribution in [2.75, 3.05) is 0 Å². The smallest absolute Gasteiger partial charge is 0.414 e. The SMILES string of the molecule is [CH2]N(C(=O)O)C(=O)CC. The fraction of sp³-hybridized carbons (Fsp3) is 0.400. The van der Waals surface area contributed by atoms with E-state index >= 15 is 0 Å². The zero-order valence-corrected chi connectivity index (χ0v) is 5.13. The van der Waals surface area contributed by atoms with Crippen LogP contribution in [0.2, 0.25) is 0 Å². The van der Waals surface area contributed by atoms with Gasteiger partial charge >= 0.3 is 6.09 Å². The summed E-state index contributed by atoms with van der Waals surface area (Å²) in [5.41, 5.74) is 0. The van der Waals surface area contributed by atoms with E-state index in [0.29, 0.717) is 4.90 Å². The predicted octanol–water partition coefficient (Wildman–Crippen LogP) is 0.695. The van der Waals surface area contributed by atoms with Gasteiger partial charge in [-0.25, -0.2) is 9.69 Å². The van der Waals surface area contributed by atoms with E-state index in [-0.39, 0.29) is 6.42 Å². The van der Waals surface area contributed by atoms with E-state index in [1.807, 2.05) is 0 Å².